The number of carbonyl (C=O) groups excluding carboxylic acids is 1. The number of carboxylic acids is 1. The van der Waals surface area contributed by atoms with Crippen LogP contribution in [0.3, 0.4) is 0 Å². The van der Waals surface area contributed by atoms with E-state index in [2.05, 4.69) is 5.32 Å². The van der Waals surface area contributed by atoms with Crippen molar-refractivity contribution in [1.82, 2.24) is 0 Å². The van der Waals surface area contributed by atoms with Crippen LogP contribution >= 0.6 is 0 Å². The third kappa shape index (κ3) is 4.06. The lowest BCUT2D eigenvalue weighted by Crippen LogP contribution is -2.26. The average Bonchev–Trinajstić information content (AvgIpc) is 2.91. The molecule has 1 aliphatic rings. The number of carboxylic acid groups (broad SMARTS) is 1. The fourth-order valence-corrected chi connectivity index (χ4v) is 2.06. The van der Waals surface area contributed by atoms with Gasteiger partial charge < -0.3 is 15.2 Å². The van der Waals surface area contributed by atoms with Crippen molar-refractivity contribution in [3.8, 4) is 0 Å². The number of ether oxygens (including phenoxy) is 1. The highest BCUT2D eigenvalue weighted by Gasteiger charge is 2.23. The van der Waals surface area contributed by atoms with Crippen molar-refractivity contribution in [3.63, 3.8) is 0 Å². The molecule has 1 aromatic carbocycles. The summed E-state index contributed by atoms with van der Waals surface area (Å²) in [5.41, 5.74) is 1.58. The number of nitrogens with one attached hydrogen (secondary N) is 1. The van der Waals surface area contributed by atoms with Crippen LogP contribution in [0.25, 0.3) is 0 Å². The molecule has 1 saturated heterocycles. The van der Waals surface area contributed by atoms with Gasteiger partial charge in [-0.05, 0) is 37.0 Å². The maximum absolute atomic E-state index is 11.9. The van der Waals surface area contributed by atoms with Gasteiger partial charge in [0.2, 0.25) is 0 Å². The maximum Gasteiger partial charge on any atom is 0.303 e. The van der Waals surface area contributed by atoms with Gasteiger partial charge in [-0.25, -0.2) is 0 Å². The zero-order valence-electron chi connectivity index (χ0n) is 10.6. The van der Waals surface area contributed by atoms with Gasteiger partial charge in [-0.3, -0.25) is 9.59 Å². The smallest absolute Gasteiger partial charge is 0.303 e. The molecule has 1 heterocycles. The van der Waals surface area contributed by atoms with Crippen LogP contribution in [0.5, 0.6) is 0 Å². The molecule has 5 heteroatoms. The average molecular weight is 263 g/mol. The number of amides is 1. The lowest BCUT2D eigenvalue weighted by atomic mass is 10.1. The molecule has 102 valence electrons. The molecule has 0 aromatic heterocycles. The molecule has 0 spiro atoms. The number of anilines is 1. The van der Waals surface area contributed by atoms with Gasteiger partial charge in [0, 0.05) is 18.7 Å². The Morgan fingerprint density at radius 2 is 2.26 bits per heavy atom. The van der Waals surface area contributed by atoms with Crippen molar-refractivity contribution in [3.05, 3.63) is 29.8 Å². The lowest BCUT2D eigenvalue weighted by Gasteiger charge is -2.11. The van der Waals surface area contributed by atoms with Crippen LogP contribution in [-0.2, 0) is 20.7 Å². The van der Waals surface area contributed by atoms with Gasteiger partial charge in [0.05, 0.1) is 0 Å². The van der Waals surface area contributed by atoms with Crippen LogP contribution in [0.4, 0.5) is 5.69 Å². The van der Waals surface area contributed by atoms with Crippen LogP contribution in [0, 0.1) is 0 Å². The highest BCUT2D eigenvalue weighted by Crippen LogP contribution is 2.16. The monoisotopic (exact) mass is 263 g/mol. The van der Waals surface area contributed by atoms with Gasteiger partial charge >= 0.3 is 5.97 Å². The minimum Gasteiger partial charge on any atom is -0.481 e. The summed E-state index contributed by atoms with van der Waals surface area (Å²) in [5.74, 6) is -0.957. The van der Waals surface area contributed by atoms with E-state index in [0.717, 1.165) is 18.4 Å². The zero-order chi connectivity index (χ0) is 13.7. The predicted molar refractivity (Wildman–Crippen MR) is 70.0 cm³/mol. The molecule has 1 aliphatic heterocycles. The van der Waals surface area contributed by atoms with Crippen molar-refractivity contribution >= 4 is 17.6 Å². The largest absolute Gasteiger partial charge is 0.481 e. The van der Waals surface area contributed by atoms with Crippen LogP contribution < -0.4 is 5.32 Å². The Balaban J connectivity index is 1.94. The summed E-state index contributed by atoms with van der Waals surface area (Å²) >= 11 is 0. The van der Waals surface area contributed by atoms with E-state index in [0.29, 0.717) is 18.7 Å². The van der Waals surface area contributed by atoms with Gasteiger partial charge in [-0.15, -0.1) is 0 Å². The first-order chi connectivity index (χ1) is 9.15. The molecule has 2 N–H and O–H groups in total. The van der Waals surface area contributed by atoms with Crippen LogP contribution in [-0.4, -0.2) is 29.7 Å². The minimum absolute atomic E-state index is 0.0864. The predicted octanol–water partition coefficient (Wildman–Crippen LogP) is 1.82. The quantitative estimate of drug-likeness (QED) is 0.849. The lowest BCUT2D eigenvalue weighted by molar-refractivity contribution is -0.137. The molecule has 0 aliphatic carbocycles. The van der Waals surface area contributed by atoms with Crippen LogP contribution in [0.15, 0.2) is 24.3 Å². The standard InChI is InChI=1S/C14H17NO4/c16-13(17)7-6-10-3-1-4-11(9-10)15-14(18)12-5-2-8-19-12/h1,3-4,9,12H,2,5-8H2,(H,15,18)(H,16,17)/t12-/m0/s1. The molecule has 0 unspecified atom stereocenters. The molecule has 1 fully saturated rings. The molecule has 0 saturated carbocycles. The molecular formula is C14H17NO4. The van der Waals surface area contributed by atoms with E-state index in [4.69, 9.17) is 9.84 Å². The number of aryl methyl sites for hydroxylation is 1. The summed E-state index contributed by atoms with van der Waals surface area (Å²) in [5, 5.41) is 11.4. The van der Waals surface area contributed by atoms with E-state index in [1.807, 2.05) is 12.1 Å². The van der Waals surface area contributed by atoms with Crippen LogP contribution in [0.2, 0.25) is 0 Å². The number of benzene rings is 1. The van der Waals surface area contributed by atoms with E-state index >= 15 is 0 Å². The Kier molecular flexibility index (Phi) is 4.52. The van der Waals surface area contributed by atoms with Gasteiger partial charge in [-0.1, -0.05) is 12.1 Å². The fourth-order valence-electron chi connectivity index (χ4n) is 2.06. The highest BCUT2D eigenvalue weighted by atomic mass is 16.5. The second-order valence-corrected chi connectivity index (χ2v) is 4.59. The first kappa shape index (κ1) is 13.5. The second kappa shape index (κ2) is 6.33. The summed E-state index contributed by atoms with van der Waals surface area (Å²) in [7, 11) is 0. The molecule has 19 heavy (non-hydrogen) atoms. The van der Waals surface area contributed by atoms with Crippen molar-refractivity contribution in [1.29, 1.82) is 0 Å². The van der Waals surface area contributed by atoms with Gasteiger partial charge in [0.25, 0.3) is 5.91 Å². The Morgan fingerprint density at radius 1 is 1.42 bits per heavy atom. The van der Waals surface area contributed by atoms with Crippen molar-refractivity contribution in [2.45, 2.75) is 31.8 Å². The molecule has 1 amide bonds. The Bertz CT molecular complexity index is 466. The molecule has 0 bridgehead atoms. The Labute approximate surface area is 111 Å². The van der Waals surface area contributed by atoms with Crippen molar-refractivity contribution < 1.29 is 19.4 Å². The number of aliphatic carboxylic acids is 1. The highest BCUT2D eigenvalue weighted by molar-refractivity contribution is 5.94. The van der Waals surface area contributed by atoms with E-state index in [1.165, 1.54) is 0 Å². The SMILES string of the molecule is O=C(O)CCc1cccc(NC(=O)[C@@H]2CCCO2)c1. The third-order valence-corrected chi connectivity index (χ3v) is 3.04. The summed E-state index contributed by atoms with van der Waals surface area (Å²) < 4.78 is 5.31. The second-order valence-electron chi connectivity index (χ2n) is 4.59. The topological polar surface area (TPSA) is 75.6 Å². The zero-order valence-corrected chi connectivity index (χ0v) is 10.6. The van der Waals surface area contributed by atoms with E-state index in [-0.39, 0.29) is 18.4 Å². The third-order valence-electron chi connectivity index (χ3n) is 3.04. The normalized spacial score (nSPS) is 18.2. The molecule has 1 atom stereocenters. The number of rotatable bonds is 5. The van der Waals surface area contributed by atoms with Crippen LogP contribution in [0.1, 0.15) is 24.8 Å². The van der Waals surface area contributed by atoms with Gasteiger partial charge in [0.15, 0.2) is 0 Å². The Morgan fingerprint density at radius 3 is 2.95 bits per heavy atom. The number of hydrogen-bond acceptors (Lipinski definition) is 3. The Hall–Kier alpha value is -1.88. The summed E-state index contributed by atoms with van der Waals surface area (Å²) in [6.07, 6.45) is 1.85. The van der Waals surface area contributed by atoms with Crippen molar-refractivity contribution in [2.75, 3.05) is 11.9 Å². The molecule has 0 radical (unpaired) electrons. The minimum atomic E-state index is -0.825. The maximum atomic E-state index is 11.9. The summed E-state index contributed by atoms with van der Waals surface area (Å²) in [6.45, 7) is 0.636. The molecule has 1 aromatic rings. The first-order valence-corrected chi connectivity index (χ1v) is 6.38. The first-order valence-electron chi connectivity index (χ1n) is 6.38. The number of hydrogen-bond donors (Lipinski definition) is 2. The molecular weight excluding hydrogens is 246 g/mol. The van der Waals surface area contributed by atoms with E-state index in [9.17, 15) is 9.59 Å². The summed E-state index contributed by atoms with van der Waals surface area (Å²) in [6, 6.07) is 7.25. The van der Waals surface area contributed by atoms with E-state index < -0.39 is 5.97 Å². The van der Waals surface area contributed by atoms with Crippen molar-refractivity contribution in [2.24, 2.45) is 0 Å². The summed E-state index contributed by atoms with van der Waals surface area (Å²) in [4.78, 5) is 22.4. The van der Waals surface area contributed by atoms with Gasteiger partial charge in [-0.2, -0.15) is 0 Å². The van der Waals surface area contributed by atoms with E-state index in [1.54, 1.807) is 12.1 Å². The molecule has 5 nitrogen and oxygen atoms in total. The fraction of sp³-hybridized carbons (Fsp3) is 0.429. The van der Waals surface area contributed by atoms with Gasteiger partial charge in [0.1, 0.15) is 6.10 Å². The molecule has 2 rings (SSSR count). The number of carbonyl (C=O) groups is 2.